The van der Waals surface area contributed by atoms with Gasteiger partial charge in [0.1, 0.15) is 5.82 Å². The third kappa shape index (κ3) is 2.50. The van der Waals surface area contributed by atoms with Gasteiger partial charge in [-0.3, -0.25) is 0 Å². The van der Waals surface area contributed by atoms with Gasteiger partial charge in [0.05, 0.1) is 11.2 Å². The van der Waals surface area contributed by atoms with Crippen LogP contribution in [0.15, 0.2) is 97.1 Å². The minimum atomic E-state index is -0.227. The lowest BCUT2D eigenvalue weighted by atomic mass is 9.95. The number of pyridine rings is 1. The van der Waals surface area contributed by atoms with Crippen molar-refractivity contribution in [1.29, 1.82) is 0 Å². The van der Waals surface area contributed by atoms with E-state index in [1.54, 1.807) is 6.07 Å². The van der Waals surface area contributed by atoms with Gasteiger partial charge < -0.3 is 0 Å². The summed E-state index contributed by atoms with van der Waals surface area (Å²) in [4.78, 5) is 4.96. The summed E-state index contributed by atoms with van der Waals surface area (Å²) in [5.41, 5.74) is 2.91. The highest BCUT2D eigenvalue weighted by atomic mass is 19.1. The molecule has 29 heavy (non-hydrogen) atoms. The second-order valence-electron chi connectivity index (χ2n) is 7.39. The Morgan fingerprint density at radius 3 is 2.17 bits per heavy atom. The summed E-state index contributed by atoms with van der Waals surface area (Å²) in [5, 5.41) is 7.73. The number of rotatable bonds is 1. The molecule has 1 heterocycles. The lowest BCUT2D eigenvalue weighted by molar-refractivity contribution is 0.630. The van der Waals surface area contributed by atoms with Crippen molar-refractivity contribution in [3.05, 3.63) is 103 Å². The smallest absolute Gasteiger partial charge is 0.123 e. The fraction of sp³-hybridized carbons (Fsp3) is 0. The molecule has 0 spiro atoms. The number of nitrogens with zero attached hydrogens (tertiary/aromatic N) is 1. The highest BCUT2D eigenvalue weighted by Gasteiger charge is 2.11. The maximum atomic E-state index is 13.8. The summed E-state index contributed by atoms with van der Waals surface area (Å²) in [6.45, 7) is 0. The number of hydrogen-bond acceptors (Lipinski definition) is 1. The molecule has 0 aliphatic heterocycles. The first-order chi connectivity index (χ1) is 14.3. The second-order valence-corrected chi connectivity index (χ2v) is 7.39. The van der Waals surface area contributed by atoms with Gasteiger partial charge in [-0.25, -0.2) is 9.37 Å². The second kappa shape index (κ2) is 6.11. The van der Waals surface area contributed by atoms with Crippen molar-refractivity contribution >= 4 is 43.2 Å². The Hall–Kier alpha value is -3.78. The summed E-state index contributed by atoms with van der Waals surface area (Å²) in [7, 11) is 0. The average molecular weight is 373 g/mol. The highest BCUT2D eigenvalue weighted by molar-refractivity contribution is 6.14. The number of fused-ring (bicyclic) bond motifs is 6. The molecule has 1 nitrogen and oxygen atoms in total. The quantitative estimate of drug-likeness (QED) is 0.272. The Labute approximate surface area is 167 Å². The summed E-state index contributed by atoms with van der Waals surface area (Å²) >= 11 is 0. The first-order valence-corrected chi connectivity index (χ1v) is 9.68. The Morgan fingerprint density at radius 2 is 1.28 bits per heavy atom. The van der Waals surface area contributed by atoms with E-state index in [4.69, 9.17) is 4.98 Å². The minimum Gasteiger partial charge on any atom is -0.248 e. The molecule has 0 fully saturated rings. The van der Waals surface area contributed by atoms with Crippen LogP contribution in [0.2, 0.25) is 0 Å². The lowest BCUT2D eigenvalue weighted by Gasteiger charge is -2.11. The predicted molar refractivity (Wildman–Crippen MR) is 120 cm³/mol. The Bertz CT molecular complexity index is 1570. The van der Waals surface area contributed by atoms with Gasteiger partial charge in [-0.15, -0.1) is 0 Å². The van der Waals surface area contributed by atoms with Gasteiger partial charge in [0, 0.05) is 10.9 Å². The van der Waals surface area contributed by atoms with Crippen molar-refractivity contribution in [3.63, 3.8) is 0 Å². The third-order valence-electron chi connectivity index (χ3n) is 5.69. The van der Waals surface area contributed by atoms with E-state index in [9.17, 15) is 4.39 Å². The van der Waals surface area contributed by atoms with Crippen molar-refractivity contribution in [2.45, 2.75) is 0 Å². The fourth-order valence-electron chi connectivity index (χ4n) is 4.32. The van der Waals surface area contributed by atoms with Crippen LogP contribution >= 0.6 is 0 Å². The van der Waals surface area contributed by atoms with Crippen LogP contribution in [0.1, 0.15) is 0 Å². The molecular weight excluding hydrogens is 357 g/mol. The molecule has 136 valence electrons. The molecule has 0 aliphatic rings. The third-order valence-corrected chi connectivity index (χ3v) is 5.69. The highest BCUT2D eigenvalue weighted by Crippen LogP contribution is 2.35. The van der Waals surface area contributed by atoms with E-state index in [1.165, 1.54) is 27.6 Å². The molecular formula is C27H16FN. The lowest BCUT2D eigenvalue weighted by Crippen LogP contribution is -1.89. The van der Waals surface area contributed by atoms with E-state index >= 15 is 0 Å². The molecule has 0 radical (unpaired) electrons. The normalized spacial score (nSPS) is 11.6. The first-order valence-electron chi connectivity index (χ1n) is 9.68. The van der Waals surface area contributed by atoms with Crippen molar-refractivity contribution in [2.24, 2.45) is 0 Å². The topological polar surface area (TPSA) is 12.9 Å². The zero-order valence-corrected chi connectivity index (χ0v) is 15.6. The molecule has 1 aromatic heterocycles. The Balaban J connectivity index is 1.67. The van der Waals surface area contributed by atoms with Crippen LogP contribution in [-0.4, -0.2) is 4.98 Å². The zero-order chi connectivity index (χ0) is 19.4. The molecule has 0 bridgehead atoms. The van der Waals surface area contributed by atoms with Gasteiger partial charge in [-0.2, -0.15) is 0 Å². The average Bonchev–Trinajstić information content (AvgIpc) is 2.78. The predicted octanol–water partition coefficient (Wildman–Crippen LogP) is 7.50. The monoisotopic (exact) mass is 373 g/mol. The van der Waals surface area contributed by atoms with Crippen molar-refractivity contribution in [2.75, 3.05) is 0 Å². The maximum absolute atomic E-state index is 13.8. The van der Waals surface area contributed by atoms with Crippen LogP contribution in [0.5, 0.6) is 0 Å². The molecule has 0 unspecified atom stereocenters. The van der Waals surface area contributed by atoms with E-state index in [-0.39, 0.29) is 5.82 Å². The number of halogens is 1. The summed E-state index contributed by atoms with van der Waals surface area (Å²) in [6, 6.07) is 32.1. The molecule has 0 amide bonds. The van der Waals surface area contributed by atoms with E-state index in [2.05, 4.69) is 60.7 Å². The molecule has 0 aliphatic carbocycles. The number of hydrogen-bond donors (Lipinski definition) is 0. The van der Waals surface area contributed by atoms with E-state index in [0.717, 1.165) is 32.9 Å². The van der Waals surface area contributed by atoms with Crippen molar-refractivity contribution in [3.8, 4) is 11.3 Å². The molecule has 0 saturated carbocycles. The number of aromatic nitrogens is 1. The zero-order valence-electron chi connectivity index (χ0n) is 15.6. The maximum Gasteiger partial charge on any atom is 0.123 e. The molecule has 6 rings (SSSR count). The Morgan fingerprint density at radius 1 is 0.517 bits per heavy atom. The van der Waals surface area contributed by atoms with Gasteiger partial charge in [0.2, 0.25) is 0 Å². The molecule has 0 saturated heterocycles. The van der Waals surface area contributed by atoms with Gasteiger partial charge in [-0.1, -0.05) is 66.7 Å². The van der Waals surface area contributed by atoms with Crippen LogP contribution in [0.3, 0.4) is 0 Å². The van der Waals surface area contributed by atoms with Gasteiger partial charge >= 0.3 is 0 Å². The van der Waals surface area contributed by atoms with Crippen molar-refractivity contribution in [1.82, 2.24) is 4.98 Å². The Kier molecular flexibility index (Phi) is 3.41. The van der Waals surface area contributed by atoms with Crippen LogP contribution in [0, 0.1) is 5.82 Å². The first kappa shape index (κ1) is 16.2. The number of benzene rings is 5. The van der Waals surface area contributed by atoms with Crippen LogP contribution < -0.4 is 0 Å². The van der Waals surface area contributed by atoms with Gasteiger partial charge in [0.15, 0.2) is 0 Å². The SMILES string of the molecule is Fc1ccc2ccc3nc(-c4cc5ccccc5c5ccccc45)ccc3c2c1. The summed E-state index contributed by atoms with van der Waals surface area (Å²) < 4.78 is 13.8. The molecule has 0 atom stereocenters. The van der Waals surface area contributed by atoms with Crippen LogP contribution in [0.25, 0.3) is 54.5 Å². The van der Waals surface area contributed by atoms with Gasteiger partial charge in [0.25, 0.3) is 0 Å². The molecule has 6 aromatic rings. The standard InChI is InChI=1S/C27H16FN/c28-19-11-9-17-10-13-26-23(24(17)16-19)12-14-27(29-26)25-15-18-5-1-2-6-20(18)21-7-3-4-8-22(21)25/h1-16H. The van der Waals surface area contributed by atoms with E-state index < -0.39 is 0 Å². The van der Waals surface area contributed by atoms with E-state index in [1.807, 2.05) is 24.3 Å². The van der Waals surface area contributed by atoms with E-state index in [0.29, 0.717) is 0 Å². The molecule has 5 aromatic carbocycles. The summed E-state index contributed by atoms with van der Waals surface area (Å²) in [5.74, 6) is -0.227. The largest absolute Gasteiger partial charge is 0.248 e. The van der Waals surface area contributed by atoms with Crippen molar-refractivity contribution < 1.29 is 4.39 Å². The van der Waals surface area contributed by atoms with Crippen LogP contribution in [0.4, 0.5) is 4.39 Å². The van der Waals surface area contributed by atoms with Gasteiger partial charge in [-0.05, 0) is 62.6 Å². The minimum absolute atomic E-state index is 0.227. The molecule has 2 heteroatoms. The fourth-order valence-corrected chi connectivity index (χ4v) is 4.32. The summed E-state index contributed by atoms with van der Waals surface area (Å²) in [6.07, 6.45) is 0. The molecule has 0 N–H and O–H groups in total. The van der Waals surface area contributed by atoms with Crippen LogP contribution in [-0.2, 0) is 0 Å².